The van der Waals surface area contributed by atoms with E-state index in [4.69, 9.17) is 14.2 Å². The summed E-state index contributed by atoms with van der Waals surface area (Å²) in [6.07, 6.45) is 16.0. The molecule has 45 heavy (non-hydrogen) atoms. The van der Waals surface area contributed by atoms with Gasteiger partial charge in [0.2, 0.25) is 0 Å². The van der Waals surface area contributed by atoms with E-state index in [2.05, 4.69) is 61.8 Å². The summed E-state index contributed by atoms with van der Waals surface area (Å²) >= 11 is 0. The van der Waals surface area contributed by atoms with Crippen LogP contribution in [-0.4, -0.2) is 74.4 Å². The van der Waals surface area contributed by atoms with Gasteiger partial charge in [-0.05, 0) is 130 Å². The van der Waals surface area contributed by atoms with E-state index in [9.17, 15) is 4.79 Å². The van der Waals surface area contributed by atoms with Gasteiger partial charge in [-0.1, -0.05) is 51.5 Å². The fourth-order valence-electron chi connectivity index (χ4n) is 10.3. The predicted octanol–water partition coefficient (Wildman–Crippen LogP) is 7.77. The van der Waals surface area contributed by atoms with Gasteiger partial charge in [0, 0.05) is 24.9 Å². The highest BCUT2D eigenvalue weighted by Crippen LogP contribution is 2.66. The molecule has 4 fully saturated rings. The summed E-state index contributed by atoms with van der Waals surface area (Å²) in [5.74, 6) is 3.22. The number of allylic oxidation sites excluding steroid dienone is 1. The first kappa shape index (κ1) is 32.6. The molecule has 0 spiro atoms. The molecule has 1 saturated heterocycles. The molecule has 1 aromatic carbocycles. The van der Waals surface area contributed by atoms with Gasteiger partial charge in [0.15, 0.2) is 11.5 Å². The molecule has 0 aromatic heterocycles. The molecule has 6 nitrogen and oxygen atoms in total. The van der Waals surface area contributed by atoms with Crippen molar-refractivity contribution < 1.29 is 19.0 Å². The lowest BCUT2D eigenvalue weighted by atomic mass is 9.48. The molecule has 0 amide bonds. The van der Waals surface area contributed by atoms with Gasteiger partial charge in [0.1, 0.15) is 12.7 Å². The third kappa shape index (κ3) is 6.23. The lowest BCUT2D eigenvalue weighted by Crippen LogP contribution is -2.52. The van der Waals surface area contributed by atoms with Crippen molar-refractivity contribution in [1.82, 2.24) is 9.80 Å². The van der Waals surface area contributed by atoms with E-state index in [1.165, 1.54) is 63.6 Å². The van der Waals surface area contributed by atoms with Crippen LogP contribution in [0.4, 0.5) is 0 Å². The van der Waals surface area contributed by atoms with Gasteiger partial charge < -0.3 is 24.0 Å². The summed E-state index contributed by atoms with van der Waals surface area (Å²) in [6, 6.07) is 6.98. The van der Waals surface area contributed by atoms with Crippen LogP contribution in [0.1, 0.15) is 98.0 Å². The summed E-state index contributed by atoms with van der Waals surface area (Å²) in [7, 11) is 1.71. The van der Waals surface area contributed by atoms with Crippen LogP contribution in [-0.2, 0) is 9.53 Å². The number of nitrogens with zero attached hydrogens (tertiary/aromatic N) is 2. The van der Waals surface area contributed by atoms with Gasteiger partial charge in [-0.15, -0.1) is 0 Å². The Kier molecular flexibility index (Phi) is 9.74. The summed E-state index contributed by atoms with van der Waals surface area (Å²) in [5.41, 5.74) is 4.37. The second kappa shape index (κ2) is 13.4. The smallest absolute Gasteiger partial charge is 0.303 e. The van der Waals surface area contributed by atoms with E-state index < -0.39 is 0 Å². The maximum absolute atomic E-state index is 12.5. The first-order chi connectivity index (χ1) is 21.7. The van der Waals surface area contributed by atoms with Gasteiger partial charge in [-0.3, -0.25) is 4.79 Å². The van der Waals surface area contributed by atoms with Crippen LogP contribution >= 0.6 is 0 Å². The first-order valence-electron chi connectivity index (χ1n) is 18.0. The largest absolute Gasteiger partial charge is 0.493 e. The van der Waals surface area contributed by atoms with Crippen molar-refractivity contribution in [2.24, 2.45) is 28.6 Å². The van der Waals surface area contributed by atoms with E-state index in [-0.39, 0.29) is 17.5 Å². The Labute approximate surface area is 272 Å². The van der Waals surface area contributed by atoms with Crippen molar-refractivity contribution in [3.05, 3.63) is 41.0 Å². The Bertz CT molecular complexity index is 1280. The normalized spacial score (nSPS) is 35.5. The minimum absolute atomic E-state index is 0.0370. The summed E-state index contributed by atoms with van der Waals surface area (Å²) in [6.45, 7) is 17.1. The van der Waals surface area contributed by atoms with Crippen LogP contribution < -0.4 is 9.47 Å². The number of benzene rings is 1. The number of fused-ring (bicyclic) bond motifs is 5. The molecule has 1 aromatic rings. The number of likely N-dealkylation sites (tertiary alicyclic amines) is 1. The molecule has 6 heteroatoms. The average Bonchev–Trinajstić information content (AvgIpc) is 3.66. The van der Waals surface area contributed by atoms with Crippen molar-refractivity contribution in [2.75, 3.05) is 46.4 Å². The third-order valence-corrected chi connectivity index (χ3v) is 12.9. The van der Waals surface area contributed by atoms with Crippen molar-refractivity contribution in [1.29, 1.82) is 0 Å². The predicted molar refractivity (Wildman–Crippen MR) is 181 cm³/mol. The molecule has 0 unspecified atom stereocenters. The number of carbonyl (C=O) groups is 1. The SMILES string of the molecule is CCN(CC)CCOc1ccc(/C=C2/C[C@H]3[C@@H]4CC=C5C[C@@H](N6CCCC6)CC[C@]5(C)[C@H]4CC[C@]3(C)[C@H]2OC(C)=O)cc1OC. The highest BCUT2D eigenvalue weighted by Gasteiger charge is 2.61. The Morgan fingerprint density at radius 1 is 1.04 bits per heavy atom. The van der Waals surface area contributed by atoms with Crippen molar-refractivity contribution in [3.63, 3.8) is 0 Å². The van der Waals surface area contributed by atoms with Crippen LogP contribution in [0.15, 0.2) is 35.4 Å². The van der Waals surface area contributed by atoms with Gasteiger partial charge in [0.05, 0.1) is 7.11 Å². The molecule has 1 aliphatic heterocycles. The highest BCUT2D eigenvalue weighted by molar-refractivity contribution is 5.68. The van der Waals surface area contributed by atoms with Crippen LogP contribution in [0.3, 0.4) is 0 Å². The molecular formula is C39H58N2O4. The molecule has 0 radical (unpaired) electrons. The fourth-order valence-corrected chi connectivity index (χ4v) is 10.3. The molecule has 5 aliphatic rings. The molecular weight excluding hydrogens is 560 g/mol. The zero-order valence-electron chi connectivity index (χ0n) is 28.9. The molecule has 7 atom stereocenters. The zero-order chi connectivity index (χ0) is 31.8. The maximum atomic E-state index is 12.5. The first-order valence-corrected chi connectivity index (χ1v) is 18.0. The monoisotopic (exact) mass is 618 g/mol. The molecule has 0 N–H and O–H groups in total. The Morgan fingerprint density at radius 3 is 2.53 bits per heavy atom. The van der Waals surface area contributed by atoms with E-state index >= 15 is 0 Å². The van der Waals surface area contributed by atoms with Gasteiger partial charge in [0.25, 0.3) is 0 Å². The lowest BCUT2D eigenvalue weighted by molar-refractivity contribution is -0.154. The minimum atomic E-state index is -0.180. The minimum Gasteiger partial charge on any atom is -0.493 e. The van der Waals surface area contributed by atoms with Crippen LogP contribution in [0, 0.1) is 28.6 Å². The number of hydrogen-bond acceptors (Lipinski definition) is 6. The summed E-state index contributed by atoms with van der Waals surface area (Å²) in [4.78, 5) is 17.6. The second-order valence-corrected chi connectivity index (χ2v) is 15.1. The Hall–Kier alpha value is -2.31. The van der Waals surface area contributed by atoms with Crippen molar-refractivity contribution >= 4 is 12.0 Å². The standard InChI is InChI=1S/C39H58N2O4/c1-7-40(8-2)21-22-44-35-14-11-28(24-36(35)43-6)23-29-25-34-32-13-12-30-26-31(41-19-9-10-20-41)15-17-38(30,4)33(32)16-18-39(34,5)37(29)45-27(3)42/h11-12,14,23-24,31-34,37H,7-10,13,15-22,25-26H2,1-6H3/b29-23-/t31-,32+,33-,34-,37-,38-,39-/m0/s1. The molecule has 248 valence electrons. The molecule has 4 aliphatic carbocycles. The van der Waals surface area contributed by atoms with Gasteiger partial charge in [-0.25, -0.2) is 0 Å². The van der Waals surface area contributed by atoms with Crippen LogP contribution in [0.5, 0.6) is 11.5 Å². The lowest BCUT2D eigenvalue weighted by Gasteiger charge is -2.58. The van der Waals surface area contributed by atoms with Crippen molar-refractivity contribution in [3.8, 4) is 11.5 Å². The number of methoxy groups -OCH3 is 1. The number of rotatable bonds is 10. The van der Waals surface area contributed by atoms with Crippen LogP contribution in [0.2, 0.25) is 0 Å². The van der Waals surface area contributed by atoms with E-state index in [0.29, 0.717) is 23.9 Å². The molecule has 0 bridgehead atoms. The van der Waals surface area contributed by atoms with E-state index in [0.717, 1.165) is 61.5 Å². The van der Waals surface area contributed by atoms with Crippen molar-refractivity contribution in [2.45, 2.75) is 105 Å². The Morgan fingerprint density at radius 2 is 1.82 bits per heavy atom. The number of hydrogen-bond donors (Lipinski definition) is 0. The number of likely N-dealkylation sites (N-methyl/N-ethyl adjacent to an activating group) is 1. The van der Waals surface area contributed by atoms with E-state index in [1.54, 1.807) is 19.6 Å². The Balaban J connectivity index is 1.23. The average molecular weight is 619 g/mol. The quantitative estimate of drug-likeness (QED) is 0.197. The molecule has 3 saturated carbocycles. The summed E-state index contributed by atoms with van der Waals surface area (Å²) in [5, 5.41) is 0. The van der Waals surface area contributed by atoms with Gasteiger partial charge >= 0.3 is 5.97 Å². The second-order valence-electron chi connectivity index (χ2n) is 15.1. The molecule has 1 heterocycles. The summed E-state index contributed by atoms with van der Waals surface area (Å²) < 4.78 is 18.2. The molecule has 6 rings (SSSR count). The number of ether oxygens (including phenoxy) is 3. The van der Waals surface area contributed by atoms with E-state index in [1.807, 2.05) is 6.07 Å². The fraction of sp³-hybridized carbons (Fsp3) is 0.718. The zero-order valence-corrected chi connectivity index (χ0v) is 28.9. The van der Waals surface area contributed by atoms with Gasteiger partial charge in [-0.2, -0.15) is 0 Å². The highest BCUT2D eigenvalue weighted by atomic mass is 16.5. The third-order valence-electron chi connectivity index (χ3n) is 12.9. The topological polar surface area (TPSA) is 51.2 Å². The number of carbonyl (C=O) groups excluding carboxylic acids is 1. The number of esters is 1. The maximum Gasteiger partial charge on any atom is 0.303 e. The van der Waals surface area contributed by atoms with Crippen LogP contribution in [0.25, 0.3) is 6.08 Å².